The first-order chi connectivity index (χ1) is 8.54. The van der Waals surface area contributed by atoms with Gasteiger partial charge in [-0.1, -0.05) is 13.8 Å². The number of hydrogen-bond donors (Lipinski definition) is 1. The first-order valence-corrected chi connectivity index (χ1v) is 6.74. The van der Waals surface area contributed by atoms with Gasteiger partial charge >= 0.3 is 0 Å². The molecule has 0 amide bonds. The van der Waals surface area contributed by atoms with Crippen LogP contribution in [0.3, 0.4) is 0 Å². The van der Waals surface area contributed by atoms with Crippen LogP contribution in [-0.2, 0) is 6.61 Å². The van der Waals surface area contributed by atoms with Gasteiger partial charge in [0, 0.05) is 19.0 Å². The highest BCUT2D eigenvalue weighted by molar-refractivity contribution is 5.49. The average molecular weight is 249 g/mol. The zero-order valence-corrected chi connectivity index (χ0v) is 11.7. The standard InChI is InChI=1S/C14H23N3O/c1-9(2)14-15-7-13(12(8-18)16-14)17(4)10(3)11-5-6-11/h7,9-11,18H,5-6,8H2,1-4H3. The fraction of sp³-hybridized carbons (Fsp3) is 0.714. The van der Waals surface area contributed by atoms with Crippen LogP contribution in [-0.4, -0.2) is 28.2 Å². The van der Waals surface area contributed by atoms with Crippen molar-refractivity contribution in [3.63, 3.8) is 0 Å². The van der Waals surface area contributed by atoms with Crippen molar-refractivity contribution < 1.29 is 5.11 Å². The van der Waals surface area contributed by atoms with Crippen LogP contribution in [0.25, 0.3) is 0 Å². The van der Waals surface area contributed by atoms with Crippen LogP contribution in [0, 0.1) is 5.92 Å². The van der Waals surface area contributed by atoms with Crippen molar-refractivity contribution in [3.8, 4) is 0 Å². The van der Waals surface area contributed by atoms with E-state index in [9.17, 15) is 5.11 Å². The van der Waals surface area contributed by atoms with Crippen molar-refractivity contribution >= 4 is 5.69 Å². The Morgan fingerprint density at radius 3 is 2.56 bits per heavy atom. The zero-order valence-electron chi connectivity index (χ0n) is 11.7. The van der Waals surface area contributed by atoms with Crippen molar-refractivity contribution in [1.29, 1.82) is 0 Å². The predicted molar refractivity (Wildman–Crippen MR) is 72.6 cm³/mol. The molecule has 0 saturated heterocycles. The zero-order chi connectivity index (χ0) is 13.3. The van der Waals surface area contributed by atoms with Crippen molar-refractivity contribution in [2.75, 3.05) is 11.9 Å². The maximum Gasteiger partial charge on any atom is 0.131 e. The fourth-order valence-corrected chi connectivity index (χ4v) is 2.23. The van der Waals surface area contributed by atoms with E-state index in [4.69, 9.17) is 0 Å². The lowest BCUT2D eigenvalue weighted by Crippen LogP contribution is -2.32. The highest BCUT2D eigenvalue weighted by atomic mass is 16.3. The smallest absolute Gasteiger partial charge is 0.131 e. The number of aromatic nitrogens is 2. The molecule has 1 aromatic heterocycles. The summed E-state index contributed by atoms with van der Waals surface area (Å²) in [4.78, 5) is 11.1. The van der Waals surface area contributed by atoms with E-state index in [-0.39, 0.29) is 12.5 Å². The Labute approximate surface area is 109 Å². The van der Waals surface area contributed by atoms with Crippen LogP contribution in [0.4, 0.5) is 5.69 Å². The molecule has 1 unspecified atom stereocenters. The number of rotatable bonds is 5. The first-order valence-electron chi connectivity index (χ1n) is 6.74. The summed E-state index contributed by atoms with van der Waals surface area (Å²) >= 11 is 0. The molecule has 0 bridgehead atoms. The third kappa shape index (κ3) is 2.64. The summed E-state index contributed by atoms with van der Waals surface area (Å²) in [6.07, 6.45) is 4.47. The molecule has 0 radical (unpaired) electrons. The Hall–Kier alpha value is -1.16. The van der Waals surface area contributed by atoms with Crippen LogP contribution < -0.4 is 4.90 Å². The number of aliphatic hydroxyl groups is 1. The first kappa shape index (κ1) is 13.3. The molecule has 2 rings (SSSR count). The van der Waals surface area contributed by atoms with Crippen LogP contribution in [0.2, 0.25) is 0 Å². The van der Waals surface area contributed by atoms with Crippen LogP contribution in [0.1, 0.15) is 51.0 Å². The maximum absolute atomic E-state index is 9.49. The molecule has 1 N–H and O–H groups in total. The topological polar surface area (TPSA) is 49.2 Å². The molecule has 0 aliphatic heterocycles. The summed E-state index contributed by atoms with van der Waals surface area (Å²) in [5.41, 5.74) is 1.70. The van der Waals surface area contributed by atoms with Gasteiger partial charge in [-0.3, -0.25) is 0 Å². The number of aliphatic hydroxyl groups excluding tert-OH is 1. The Morgan fingerprint density at radius 1 is 1.39 bits per heavy atom. The van der Waals surface area contributed by atoms with Crippen molar-refractivity contribution in [3.05, 3.63) is 17.7 Å². The molecule has 1 aliphatic carbocycles. The van der Waals surface area contributed by atoms with Gasteiger partial charge in [-0.2, -0.15) is 0 Å². The van der Waals surface area contributed by atoms with Crippen molar-refractivity contribution in [1.82, 2.24) is 9.97 Å². The van der Waals surface area contributed by atoms with Gasteiger partial charge in [0.25, 0.3) is 0 Å². The molecule has 1 fully saturated rings. The Morgan fingerprint density at radius 2 is 2.06 bits per heavy atom. The molecule has 1 aromatic rings. The summed E-state index contributed by atoms with van der Waals surface area (Å²) in [6, 6.07) is 0.490. The Kier molecular flexibility index (Phi) is 3.85. The van der Waals surface area contributed by atoms with E-state index >= 15 is 0 Å². The van der Waals surface area contributed by atoms with Gasteiger partial charge in [0.1, 0.15) is 5.82 Å². The van der Waals surface area contributed by atoms with Crippen LogP contribution in [0.15, 0.2) is 6.20 Å². The third-order valence-corrected chi connectivity index (χ3v) is 3.83. The molecular formula is C14H23N3O. The minimum Gasteiger partial charge on any atom is -0.390 e. The summed E-state index contributed by atoms with van der Waals surface area (Å²) < 4.78 is 0. The normalized spacial score (nSPS) is 17.0. The second kappa shape index (κ2) is 5.22. The van der Waals surface area contributed by atoms with E-state index in [1.54, 1.807) is 0 Å². The number of nitrogens with zero attached hydrogens (tertiary/aromatic N) is 3. The van der Waals surface area contributed by atoms with E-state index in [1.807, 2.05) is 6.20 Å². The van der Waals surface area contributed by atoms with E-state index in [2.05, 4.69) is 42.7 Å². The second-order valence-corrected chi connectivity index (χ2v) is 5.56. The van der Waals surface area contributed by atoms with E-state index in [0.717, 1.165) is 23.1 Å². The molecule has 0 aromatic carbocycles. The predicted octanol–water partition coefficient (Wildman–Crippen LogP) is 2.33. The lowest BCUT2D eigenvalue weighted by molar-refractivity contribution is 0.276. The molecule has 4 heteroatoms. The minimum absolute atomic E-state index is 0.0285. The lowest BCUT2D eigenvalue weighted by Gasteiger charge is -2.28. The second-order valence-electron chi connectivity index (χ2n) is 5.56. The highest BCUT2D eigenvalue weighted by Gasteiger charge is 2.31. The van der Waals surface area contributed by atoms with E-state index in [1.165, 1.54) is 12.8 Å². The number of hydrogen-bond acceptors (Lipinski definition) is 4. The molecule has 100 valence electrons. The Balaban J connectivity index is 2.25. The average Bonchev–Trinajstić information content (AvgIpc) is 3.20. The Bertz CT molecular complexity index is 416. The monoisotopic (exact) mass is 249 g/mol. The molecule has 18 heavy (non-hydrogen) atoms. The van der Waals surface area contributed by atoms with E-state index < -0.39 is 0 Å². The van der Waals surface area contributed by atoms with Gasteiger partial charge in [0.05, 0.1) is 24.2 Å². The lowest BCUT2D eigenvalue weighted by atomic mass is 10.1. The molecule has 1 saturated carbocycles. The summed E-state index contributed by atoms with van der Waals surface area (Å²) in [5, 5.41) is 9.49. The summed E-state index contributed by atoms with van der Waals surface area (Å²) in [7, 11) is 2.07. The maximum atomic E-state index is 9.49. The van der Waals surface area contributed by atoms with Gasteiger partial charge in [0.2, 0.25) is 0 Å². The molecule has 4 nitrogen and oxygen atoms in total. The molecule has 1 atom stereocenters. The molecular weight excluding hydrogens is 226 g/mol. The van der Waals surface area contributed by atoms with Gasteiger partial charge in [-0.15, -0.1) is 0 Å². The molecule has 0 spiro atoms. The summed E-state index contributed by atoms with van der Waals surface area (Å²) in [6.45, 7) is 6.33. The third-order valence-electron chi connectivity index (χ3n) is 3.83. The van der Waals surface area contributed by atoms with Crippen LogP contribution in [0.5, 0.6) is 0 Å². The molecule has 1 heterocycles. The quantitative estimate of drug-likeness (QED) is 0.870. The number of anilines is 1. The SMILES string of the molecule is CC(C)c1ncc(N(C)C(C)C2CC2)c(CO)n1. The largest absolute Gasteiger partial charge is 0.390 e. The minimum atomic E-state index is -0.0285. The fourth-order valence-electron chi connectivity index (χ4n) is 2.23. The van der Waals surface area contributed by atoms with Crippen LogP contribution >= 0.6 is 0 Å². The van der Waals surface area contributed by atoms with Crippen molar-refractivity contribution in [2.24, 2.45) is 5.92 Å². The molecule has 1 aliphatic rings. The van der Waals surface area contributed by atoms with E-state index in [0.29, 0.717) is 6.04 Å². The van der Waals surface area contributed by atoms with Gasteiger partial charge in [-0.05, 0) is 25.7 Å². The van der Waals surface area contributed by atoms with Gasteiger partial charge < -0.3 is 10.0 Å². The van der Waals surface area contributed by atoms with Crippen molar-refractivity contribution in [2.45, 2.75) is 52.2 Å². The van der Waals surface area contributed by atoms with Gasteiger partial charge in [0.15, 0.2) is 0 Å². The summed E-state index contributed by atoms with van der Waals surface area (Å²) in [5.74, 6) is 1.87. The van der Waals surface area contributed by atoms with Gasteiger partial charge in [-0.25, -0.2) is 9.97 Å². The highest BCUT2D eigenvalue weighted by Crippen LogP contribution is 2.36.